The first-order valence-electron chi connectivity index (χ1n) is 8.47. The molecule has 0 fully saturated rings. The number of rotatable bonds is 6. The van der Waals surface area contributed by atoms with Gasteiger partial charge in [-0.2, -0.15) is 0 Å². The highest BCUT2D eigenvalue weighted by Gasteiger charge is 2.27. The van der Waals surface area contributed by atoms with Crippen LogP contribution in [0.15, 0.2) is 34.2 Å². The van der Waals surface area contributed by atoms with E-state index < -0.39 is 17.2 Å². The molecule has 8 heteroatoms. The molecule has 0 aliphatic rings. The van der Waals surface area contributed by atoms with Crippen LogP contribution in [0.3, 0.4) is 0 Å². The van der Waals surface area contributed by atoms with Crippen molar-refractivity contribution in [3.63, 3.8) is 0 Å². The van der Waals surface area contributed by atoms with E-state index in [0.29, 0.717) is 22.6 Å². The Hall–Kier alpha value is -2.35. The van der Waals surface area contributed by atoms with Gasteiger partial charge < -0.3 is 5.73 Å². The van der Waals surface area contributed by atoms with Crippen LogP contribution in [0, 0.1) is 11.8 Å². The molecule has 0 unspecified atom stereocenters. The van der Waals surface area contributed by atoms with Crippen LogP contribution >= 0.6 is 11.8 Å². The molecular weight excluding hydrogens is 352 g/mol. The third-order valence-electron chi connectivity index (χ3n) is 3.72. The second kappa shape index (κ2) is 8.35. The summed E-state index contributed by atoms with van der Waals surface area (Å²) in [5.41, 5.74) is 5.51. The fourth-order valence-electron chi connectivity index (χ4n) is 2.56. The summed E-state index contributed by atoms with van der Waals surface area (Å²) in [6.07, 6.45) is 0. The maximum absolute atomic E-state index is 12.9. The van der Waals surface area contributed by atoms with Crippen molar-refractivity contribution >= 4 is 34.6 Å². The van der Waals surface area contributed by atoms with Crippen LogP contribution in [-0.4, -0.2) is 26.7 Å². The molecule has 0 bridgehead atoms. The topological polar surface area (TPSA) is 107 Å². The fraction of sp³-hybridized carbons (Fsp3) is 0.444. The monoisotopic (exact) mass is 376 g/mol. The summed E-state index contributed by atoms with van der Waals surface area (Å²) in [6.45, 7) is 8.24. The summed E-state index contributed by atoms with van der Waals surface area (Å²) in [7, 11) is 0. The number of carbonyl (C=O) groups is 2. The number of hydrogen-bond donors (Lipinski definition) is 2. The number of para-hydroxylation sites is 1. The van der Waals surface area contributed by atoms with E-state index in [1.54, 1.807) is 22.8 Å². The van der Waals surface area contributed by atoms with Crippen molar-refractivity contribution in [3.05, 3.63) is 34.6 Å². The van der Waals surface area contributed by atoms with Gasteiger partial charge in [-0.3, -0.25) is 19.5 Å². The highest BCUT2D eigenvalue weighted by Crippen LogP contribution is 2.28. The first-order chi connectivity index (χ1) is 12.2. The highest BCUT2D eigenvalue weighted by molar-refractivity contribution is 8.00. The Kier molecular flexibility index (Phi) is 6.42. The van der Waals surface area contributed by atoms with Crippen molar-refractivity contribution in [2.45, 2.75) is 44.6 Å². The quantitative estimate of drug-likeness (QED) is 0.594. The molecule has 3 amide bonds. The SMILES string of the molecule is CC(C)Cn1c(S[C@@H](C(=O)NC(N)=O)C(C)C)nc2ccccc2c1=O. The molecule has 140 valence electrons. The van der Waals surface area contributed by atoms with Crippen molar-refractivity contribution in [1.29, 1.82) is 0 Å². The van der Waals surface area contributed by atoms with Gasteiger partial charge in [-0.15, -0.1) is 0 Å². The van der Waals surface area contributed by atoms with Crippen LogP contribution in [0.4, 0.5) is 4.79 Å². The third kappa shape index (κ3) is 4.63. The zero-order valence-corrected chi connectivity index (χ0v) is 16.2. The molecule has 3 N–H and O–H groups in total. The molecule has 1 aromatic heterocycles. The van der Waals surface area contributed by atoms with Gasteiger partial charge in [0.1, 0.15) is 0 Å². The van der Waals surface area contributed by atoms with Gasteiger partial charge in [-0.05, 0) is 24.0 Å². The summed E-state index contributed by atoms with van der Waals surface area (Å²) in [5, 5.41) is 2.52. The summed E-state index contributed by atoms with van der Waals surface area (Å²) in [6, 6.07) is 6.24. The normalized spacial score (nSPS) is 12.5. The van der Waals surface area contributed by atoms with Crippen LogP contribution in [0.2, 0.25) is 0 Å². The minimum atomic E-state index is -0.896. The van der Waals surface area contributed by atoms with Gasteiger partial charge in [0, 0.05) is 6.54 Å². The predicted molar refractivity (Wildman–Crippen MR) is 103 cm³/mol. The van der Waals surface area contributed by atoms with Crippen molar-refractivity contribution in [1.82, 2.24) is 14.9 Å². The van der Waals surface area contributed by atoms with Crippen molar-refractivity contribution in [2.75, 3.05) is 0 Å². The van der Waals surface area contributed by atoms with E-state index >= 15 is 0 Å². The number of urea groups is 1. The molecule has 0 saturated heterocycles. The Balaban J connectivity index is 2.53. The Morgan fingerprint density at radius 1 is 1.23 bits per heavy atom. The van der Waals surface area contributed by atoms with Crippen LogP contribution < -0.4 is 16.6 Å². The lowest BCUT2D eigenvalue weighted by molar-refractivity contribution is -0.120. The number of amides is 3. The van der Waals surface area contributed by atoms with Gasteiger partial charge in [-0.1, -0.05) is 51.6 Å². The predicted octanol–water partition coefficient (Wildman–Crippen LogP) is 2.36. The van der Waals surface area contributed by atoms with E-state index in [1.165, 1.54) is 11.8 Å². The average molecular weight is 376 g/mol. The molecular formula is C18H24N4O3S. The molecule has 0 spiro atoms. The Bertz CT molecular complexity index is 876. The number of benzene rings is 1. The third-order valence-corrected chi connectivity index (χ3v) is 5.25. The van der Waals surface area contributed by atoms with Gasteiger partial charge >= 0.3 is 6.03 Å². The maximum Gasteiger partial charge on any atom is 0.318 e. The number of aromatic nitrogens is 2. The van der Waals surface area contributed by atoms with Crippen LogP contribution in [0.5, 0.6) is 0 Å². The number of imide groups is 1. The van der Waals surface area contributed by atoms with Crippen molar-refractivity contribution in [2.24, 2.45) is 17.6 Å². The van der Waals surface area contributed by atoms with E-state index in [2.05, 4.69) is 10.3 Å². The summed E-state index contributed by atoms with van der Waals surface area (Å²) in [4.78, 5) is 40.9. The number of hydrogen-bond acceptors (Lipinski definition) is 5. The van der Waals surface area contributed by atoms with Gasteiger partial charge in [-0.25, -0.2) is 9.78 Å². The van der Waals surface area contributed by atoms with Gasteiger partial charge in [0.05, 0.1) is 16.2 Å². The standard InChI is InChI=1S/C18H24N4O3S/c1-10(2)9-22-16(24)12-7-5-6-8-13(12)20-18(22)26-14(11(3)4)15(23)21-17(19)25/h5-8,10-11,14H,9H2,1-4H3,(H3,19,21,23,25)/t14-/m1/s1. The molecule has 1 heterocycles. The molecule has 0 radical (unpaired) electrons. The molecule has 7 nitrogen and oxygen atoms in total. The minimum absolute atomic E-state index is 0.0878. The summed E-state index contributed by atoms with van der Waals surface area (Å²) >= 11 is 1.18. The number of thioether (sulfide) groups is 1. The van der Waals surface area contributed by atoms with E-state index in [4.69, 9.17) is 5.73 Å². The van der Waals surface area contributed by atoms with E-state index in [-0.39, 0.29) is 17.4 Å². The van der Waals surface area contributed by atoms with Crippen molar-refractivity contribution < 1.29 is 9.59 Å². The number of nitrogens with one attached hydrogen (secondary N) is 1. The van der Waals surface area contributed by atoms with Crippen molar-refractivity contribution in [3.8, 4) is 0 Å². The van der Waals surface area contributed by atoms with Crippen LogP contribution in [0.1, 0.15) is 27.7 Å². The smallest absolute Gasteiger partial charge is 0.318 e. The van der Waals surface area contributed by atoms with Crippen LogP contribution in [0.25, 0.3) is 10.9 Å². The lowest BCUT2D eigenvalue weighted by Crippen LogP contribution is -2.42. The lowest BCUT2D eigenvalue weighted by Gasteiger charge is -2.21. The zero-order chi connectivity index (χ0) is 19.4. The van der Waals surface area contributed by atoms with E-state index in [0.717, 1.165) is 0 Å². The number of nitrogens with zero attached hydrogens (tertiary/aromatic N) is 2. The summed E-state index contributed by atoms with van der Waals surface area (Å²) < 4.78 is 1.60. The summed E-state index contributed by atoms with van der Waals surface area (Å²) in [5.74, 6) is -0.349. The maximum atomic E-state index is 12.9. The van der Waals surface area contributed by atoms with Gasteiger partial charge in [0.2, 0.25) is 5.91 Å². The molecule has 0 aliphatic carbocycles. The van der Waals surface area contributed by atoms with Gasteiger partial charge in [0.15, 0.2) is 5.16 Å². The number of nitrogens with two attached hydrogens (primary N) is 1. The molecule has 0 saturated carbocycles. The molecule has 0 aliphatic heterocycles. The second-order valence-electron chi connectivity index (χ2n) is 6.86. The number of fused-ring (bicyclic) bond motifs is 1. The fourth-order valence-corrected chi connectivity index (χ4v) is 3.66. The molecule has 26 heavy (non-hydrogen) atoms. The van der Waals surface area contributed by atoms with E-state index in [1.807, 2.05) is 33.8 Å². The largest absolute Gasteiger partial charge is 0.351 e. The first kappa shape index (κ1) is 20.0. The molecule has 1 aromatic carbocycles. The zero-order valence-electron chi connectivity index (χ0n) is 15.4. The lowest BCUT2D eigenvalue weighted by atomic mass is 10.1. The first-order valence-corrected chi connectivity index (χ1v) is 9.35. The Labute approximate surface area is 156 Å². The second-order valence-corrected chi connectivity index (χ2v) is 7.97. The Morgan fingerprint density at radius 2 is 1.88 bits per heavy atom. The molecule has 2 rings (SSSR count). The molecule has 1 atom stereocenters. The van der Waals surface area contributed by atoms with Gasteiger partial charge in [0.25, 0.3) is 5.56 Å². The number of primary amides is 1. The number of carbonyl (C=O) groups excluding carboxylic acids is 2. The van der Waals surface area contributed by atoms with E-state index in [9.17, 15) is 14.4 Å². The molecule has 2 aromatic rings. The van der Waals surface area contributed by atoms with Crippen LogP contribution in [-0.2, 0) is 11.3 Å². The Morgan fingerprint density at radius 3 is 2.46 bits per heavy atom. The average Bonchev–Trinajstić information content (AvgIpc) is 2.54. The minimum Gasteiger partial charge on any atom is -0.351 e. The highest BCUT2D eigenvalue weighted by atomic mass is 32.2.